The minimum Gasteiger partial charge on any atom is -0.390 e. The first kappa shape index (κ1) is 10.1. The molecule has 1 aliphatic carbocycles. The smallest absolute Gasteiger partial charge is 0.275 e. The Kier molecular flexibility index (Phi) is 2.23. The molecule has 0 radical (unpaired) electrons. The van der Waals surface area contributed by atoms with Gasteiger partial charge in [0.25, 0.3) is 5.69 Å². The first-order chi connectivity index (χ1) is 7.02. The van der Waals surface area contributed by atoms with E-state index in [1.54, 1.807) is 25.1 Å². The van der Waals surface area contributed by atoms with Crippen molar-refractivity contribution in [3.05, 3.63) is 39.4 Å². The summed E-state index contributed by atoms with van der Waals surface area (Å²) < 4.78 is 0. The highest BCUT2D eigenvalue weighted by Crippen LogP contribution is 2.40. The van der Waals surface area contributed by atoms with Crippen molar-refractivity contribution in [3.8, 4) is 0 Å². The highest BCUT2D eigenvalue weighted by atomic mass is 16.6. The number of benzene rings is 1. The van der Waals surface area contributed by atoms with E-state index in [9.17, 15) is 15.2 Å². The summed E-state index contributed by atoms with van der Waals surface area (Å²) in [6, 6.07) is 5.24. The first-order valence-corrected chi connectivity index (χ1v) is 4.97. The Morgan fingerprint density at radius 2 is 2.20 bits per heavy atom. The molecule has 1 saturated carbocycles. The Balaban J connectivity index is 2.37. The zero-order valence-corrected chi connectivity index (χ0v) is 8.56. The number of hydrogen-bond donors (Lipinski definition) is 1. The maximum Gasteiger partial charge on any atom is 0.275 e. The molecule has 0 atom stereocenters. The van der Waals surface area contributed by atoms with E-state index in [1.807, 2.05) is 0 Å². The molecular weight excluding hydrogens is 194 g/mol. The number of aliphatic hydroxyl groups is 1. The summed E-state index contributed by atoms with van der Waals surface area (Å²) in [7, 11) is 0. The van der Waals surface area contributed by atoms with Crippen LogP contribution >= 0.6 is 0 Å². The molecule has 0 bridgehead atoms. The second kappa shape index (κ2) is 3.31. The summed E-state index contributed by atoms with van der Waals surface area (Å²) in [5.74, 6) is 0. The highest BCUT2D eigenvalue weighted by Gasteiger charge is 2.41. The SMILES string of the molecule is Cc1cccc(CC2(O)CC2)c1[N+](=O)[O-]. The van der Waals surface area contributed by atoms with Gasteiger partial charge < -0.3 is 5.11 Å². The lowest BCUT2D eigenvalue weighted by Crippen LogP contribution is -2.12. The third-order valence-corrected chi connectivity index (χ3v) is 2.85. The molecule has 2 rings (SSSR count). The molecule has 1 fully saturated rings. The van der Waals surface area contributed by atoms with Crippen LogP contribution in [-0.4, -0.2) is 15.6 Å². The molecular formula is C11H13NO3. The number of nitrogens with zero attached hydrogens (tertiary/aromatic N) is 1. The summed E-state index contributed by atoms with van der Waals surface area (Å²) in [4.78, 5) is 10.5. The van der Waals surface area contributed by atoms with Gasteiger partial charge in [-0.25, -0.2) is 0 Å². The third kappa shape index (κ3) is 1.99. The number of hydrogen-bond acceptors (Lipinski definition) is 3. The zero-order chi connectivity index (χ0) is 11.1. The number of rotatable bonds is 3. The monoisotopic (exact) mass is 207 g/mol. The second-order valence-corrected chi connectivity index (χ2v) is 4.24. The molecule has 0 aliphatic heterocycles. The number of aryl methyl sites for hydroxylation is 1. The molecule has 4 nitrogen and oxygen atoms in total. The standard InChI is InChI=1S/C11H13NO3/c1-8-3-2-4-9(10(8)12(14)15)7-11(13)5-6-11/h2-4,13H,5-7H2,1H3. The van der Waals surface area contributed by atoms with E-state index in [0.29, 0.717) is 17.5 Å². The van der Waals surface area contributed by atoms with Crippen LogP contribution in [0.1, 0.15) is 24.0 Å². The van der Waals surface area contributed by atoms with Gasteiger partial charge in [-0.1, -0.05) is 18.2 Å². The van der Waals surface area contributed by atoms with Crippen molar-refractivity contribution in [1.29, 1.82) is 0 Å². The summed E-state index contributed by atoms with van der Waals surface area (Å²) in [6.45, 7) is 1.72. The molecule has 0 spiro atoms. The van der Waals surface area contributed by atoms with Crippen LogP contribution in [0.2, 0.25) is 0 Å². The predicted octanol–water partition coefficient (Wildman–Crippen LogP) is 1.97. The van der Waals surface area contributed by atoms with Crippen LogP contribution in [0, 0.1) is 17.0 Å². The average Bonchev–Trinajstić information content (AvgIpc) is 2.82. The van der Waals surface area contributed by atoms with E-state index in [2.05, 4.69) is 0 Å². The minimum atomic E-state index is -0.682. The zero-order valence-electron chi connectivity index (χ0n) is 8.56. The molecule has 1 aromatic carbocycles. The summed E-state index contributed by atoms with van der Waals surface area (Å²) in [6.07, 6.45) is 1.89. The quantitative estimate of drug-likeness (QED) is 0.608. The maximum atomic E-state index is 10.9. The van der Waals surface area contributed by atoms with Crippen molar-refractivity contribution in [1.82, 2.24) is 0 Å². The molecule has 1 aliphatic rings. The van der Waals surface area contributed by atoms with E-state index in [1.165, 1.54) is 0 Å². The van der Waals surface area contributed by atoms with E-state index in [-0.39, 0.29) is 10.6 Å². The Morgan fingerprint density at radius 1 is 1.53 bits per heavy atom. The number of nitro benzene ring substituents is 1. The van der Waals surface area contributed by atoms with Crippen LogP contribution < -0.4 is 0 Å². The van der Waals surface area contributed by atoms with Gasteiger partial charge in [0, 0.05) is 17.5 Å². The van der Waals surface area contributed by atoms with Gasteiger partial charge in [0.1, 0.15) is 0 Å². The maximum absolute atomic E-state index is 10.9. The van der Waals surface area contributed by atoms with E-state index in [0.717, 1.165) is 12.8 Å². The minimum absolute atomic E-state index is 0.151. The molecule has 80 valence electrons. The fraction of sp³-hybridized carbons (Fsp3) is 0.455. The third-order valence-electron chi connectivity index (χ3n) is 2.85. The van der Waals surface area contributed by atoms with E-state index in [4.69, 9.17) is 0 Å². The molecule has 0 heterocycles. The molecule has 0 saturated heterocycles. The highest BCUT2D eigenvalue weighted by molar-refractivity contribution is 5.48. The summed E-state index contributed by atoms with van der Waals surface area (Å²) in [5, 5.41) is 20.6. The molecule has 15 heavy (non-hydrogen) atoms. The lowest BCUT2D eigenvalue weighted by Gasteiger charge is -2.09. The molecule has 1 aromatic rings. The van der Waals surface area contributed by atoms with Crippen LogP contribution in [0.3, 0.4) is 0 Å². The van der Waals surface area contributed by atoms with Crippen molar-refractivity contribution >= 4 is 5.69 Å². The fourth-order valence-corrected chi connectivity index (χ4v) is 1.80. The Bertz CT molecular complexity index is 410. The van der Waals surface area contributed by atoms with Gasteiger partial charge in [-0.3, -0.25) is 10.1 Å². The normalized spacial score (nSPS) is 17.5. The van der Waals surface area contributed by atoms with Crippen LogP contribution in [0.5, 0.6) is 0 Å². The van der Waals surface area contributed by atoms with Crippen LogP contribution in [0.25, 0.3) is 0 Å². The van der Waals surface area contributed by atoms with Gasteiger partial charge >= 0.3 is 0 Å². The van der Waals surface area contributed by atoms with Crippen molar-refractivity contribution in [2.45, 2.75) is 31.8 Å². The Labute approximate surface area is 87.7 Å². The predicted molar refractivity (Wildman–Crippen MR) is 55.7 cm³/mol. The molecule has 0 aromatic heterocycles. The summed E-state index contributed by atoms with van der Waals surface area (Å²) >= 11 is 0. The van der Waals surface area contributed by atoms with Crippen LogP contribution in [0.15, 0.2) is 18.2 Å². The van der Waals surface area contributed by atoms with Crippen molar-refractivity contribution < 1.29 is 10.0 Å². The lowest BCUT2D eigenvalue weighted by atomic mass is 10.0. The number of para-hydroxylation sites is 1. The second-order valence-electron chi connectivity index (χ2n) is 4.24. The first-order valence-electron chi connectivity index (χ1n) is 4.97. The molecule has 1 N–H and O–H groups in total. The van der Waals surface area contributed by atoms with Crippen LogP contribution in [0.4, 0.5) is 5.69 Å². The van der Waals surface area contributed by atoms with Crippen molar-refractivity contribution in [3.63, 3.8) is 0 Å². The van der Waals surface area contributed by atoms with Crippen LogP contribution in [-0.2, 0) is 6.42 Å². The van der Waals surface area contributed by atoms with Gasteiger partial charge in [-0.15, -0.1) is 0 Å². The van der Waals surface area contributed by atoms with Crippen molar-refractivity contribution in [2.75, 3.05) is 0 Å². The van der Waals surface area contributed by atoms with E-state index >= 15 is 0 Å². The number of nitro groups is 1. The van der Waals surface area contributed by atoms with Crippen molar-refractivity contribution in [2.24, 2.45) is 0 Å². The van der Waals surface area contributed by atoms with Gasteiger partial charge in [0.05, 0.1) is 10.5 Å². The molecule has 0 unspecified atom stereocenters. The fourth-order valence-electron chi connectivity index (χ4n) is 1.80. The lowest BCUT2D eigenvalue weighted by molar-refractivity contribution is -0.386. The van der Waals surface area contributed by atoms with Gasteiger partial charge in [0.15, 0.2) is 0 Å². The van der Waals surface area contributed by atoms with E-state index < -0.39 is 5.60 Å². The molecule has 4 heteroatoms. The summed E-state index contributed by atoms with van der Waals surface area (Å²) in [5.41, 5.74) is 0.762. The Hall–Kier alpha value is -1.42. The topological polar surface area (TPSA) is 63.4 Å². The average molecular weight is 207 g/mol. The largest absolute Gasteiger partial charge is 0.390 e. The molecule has 0 amide bonds. The Morgan fingerprint density at radius 3 is 2.73 bits per heavy atom. The van der Waals surface area contributed by atoms with Gasteiger partial charge in [-0.05, 0) is 19.8 Å². The van der Waals surface area contributed by atoms with Gasteiger partial charge in [-0.2, -0.15) is 0 Å². The van der Waals surface area contributed by atoms with Gasteiger partial charge in [0.2, 0.25) is 0 Å².